The van der Waals surface area contributed by atoms with Crippen molar-refractivity contribution in [1.29, 1.82) is 0 Å². The van der Waals surface area contributed by atoms with E-state index in [9.17, 15) is 5.26 Å². The van der Waals surface area contributed by atoms with Crippen LogP contribution in [0.1, 0.15) is 23.1 Å². The van der Waals surface area contributed by atoms with Crippen LogP contribution in [-0.4, -0.2) is 5.26 Å². The summed E-state index contributed by atoms with van der Waals surface area (Å²) in [5, 5.41) is 9.86. The van der Waals surface area contributed by atoms with E-state index >= 15 is 0 Å². The lowest BCUT2D eigenvalue weighted by molar-refractivity contribution is -0.317. The molecule has 2 heteroatoms. The second-order valence-corrected chi connectivity index (χ2v) is 5.64. The first-order valence-electron chi connectivity index (χ1n) is 7.83. The van der Waals surface area contributed by atoms with Crippen LogP contribution in [0.4, 0.5) is 0 Å². The van der Waals surface area contributed by atoms with E-state index in [0.717, 1.165) is 17.5 Å². The Hall–Kier alpha value is -2.42. The van der Waals surface area contributed by atoms with Crippen LogP contribution < -0.4 is 0 Å². The first-order chi connectivity index (χ1) is 11.3. The van der Waals surface area contributed by atoms with Crippen LogP contribution in [0.25, 0.3) is 0 Å². The van der Waals surface area contributed by atoms with Gasteiger partial charge in [0.1, 0.15) is 0 Å². The maximum atomic E-state index is 9.86. The largest absolute Gasteiger partial charge is 0.251 e. The highest BCUT2D eigenvalue weighted by atomic mass is 17.1. The Balaban J connectivity index is 1.99. The average molecular weight is 304 g/mol. The van der Waals surface area contributed by atoms with Gasteiger partial charge in [0.25, 0.3) is 0 Å². The molecule has 3 aromatic rings. The fourth-order valence-electron chi connectivity index (χ4n) is 2.99. The Bertz CT molecular complexity index is 669. The molecule has 116 valence electrons. The lowest BCUT2D eigenvalue weighted by atomic mass is 9.81. The molecule has 0 amide bonds. The van der Waals surface area contributed by atoms with Gasteiger partial charge in [-0.2, -0.15) is 0 Å². The third-order valence-corrected chi connectivity index (χ3v) is 4.24. The van der Waals surface area contributed by atoms with Crippen molar-refractivity contribution >= 4 is 0 Å². The summed E-state index contributed by atoms with van der Waals surface area (Å²) in [5.41, 5.74) is 2.26. The fourth-order valence-corrected chi connectivity index (χ4v) is 2.99. The topological polar surface area (TPSA) is 29.5 Å². The molecule has 0 aliphatic heterocycles. The molecule has 3 aromatic carbocycles. The zero-order valence-electron chi connectivity index (χ0n) is 12.9. The molecule has 0 saturated heterocycles. The van der Waals surface area contributed by atoms with Crippen LogP contribution in [0.3, 0.4) is 0 Å². The van der Waals surface area contributed by atoms with E-state index in [0.29, 0.717) is 6.42 Å². The summed E-state index contributed by atoms with van der Waals surface area (Å²) in [4.78, 5) is 5.13. The molecule has 0 heterocycles. The number of benzene rings is 3. The predicted octanol–water partition coefficient (Wildman–Crippen LogP) is 5.05. The molecule has 3 rings (SSSR count). The maximum Gasteiger partial charge on any atom is 0.153 e. The van der Waals surface area contributed by atoms with Crippen molar-refractivity contribution in [3.63, 3.8) is 0 Å². The lowest BCUT2D eigenvalue weighted by Crippen LogP contribution is -2.31. The van der Waals surface area contributed by atoms with E-state index in [1.807, 2.05) is 78.9 Å². The predicted molar refractivity (Wildman–Crippen MR) is 92.1 cm³/mol. The van der Waals surface area contributed by atoms with E-state index in [1.54, 1.807) is 0 Å². The van der Waals surface area contributed by atoms with Crippen LogP contribution >= 0.6 is 0 Å². The van der Waals surface area contributed by atoms with E-state index in [1.165, 1.54) is 5.56 Å². The minimum absolute atomic E-state index is 0.654. The molecule has 23 heavy (non-hydrogen) atoms. The van der Waals surface area contributed by atoms with E-state index in [4.69, 9.17) is 4.89 Å². The highest BCUT2D eigenvalue weighted by Crippen LogP contribution is 2.37. The summed E-state index contributed by atoms with van der Waals surface area (Å²) >= 11 is 0. The zero-order valence-corrected chi connectivity index (χ0v) is 12.9. The van der Waals surface area contributed by atoms with Crippen LogP contribution in [0.5, 0.6) is 0 Å². The Morgan fingerprint density at radius 1 is 0.652 bits per heavy atom. The summed E-state index contributed by atoms with van der Waals surface area (Å²) in [6.07, 6.45) is 1.47. The van der Waals surface area contributed by atoms with Crippen molar-refractivity contribution in [2.24, 2.45) is 0 Å². The average Bonchev–Trinajstić information content (AvgIpc) is 2.65. The van der Waals surface area contributed by atoms with Gasteiger partial charge in [0.2, 0.25) is 0 Å². The van der Waals surface area contributed by atoms with Crippen LogP contribution in [0.15, 0.2) is 91.0 Å². The normalized spacial score (nSPS) is 11.3. The minimum atomic E-state index is -0.863. The Labute approximate surface area is 136 Å². The molecule has 0 spiro atoms. The zero-order chi connectivity index (χ0) is 16.0. The molecule has 0 atom stereocenters. The molecule has 0 unspecified atom stereocenters. The standard InChI is InChI=1S/C21H20O2/c22-23-21(19-12-6-2-7-13-19,20-14-8-3-9-15-20)17-16-18-10-4-1-5-11-18/h1-15,22H,16-17H2. The van der Waals surface area contributed by atoms with Gasteiger partial charge in [-0.3, -0.25) is 5.26 Å². The number of hydrogen-bond acceptors (Lipinski definition) is 2. The molecule has 0 saturated carbocycles. The Morgan fingerprint density at radius 2 is 1.09 bits per heavy atom. The van der Waals surface area contributed by atoms with E-state index in [2.05, 4.69) is 12.1 Å². The van der Waals surface area contributed by atoms with Gasteiger partial charge in [0.05, 0.1) is 0 Å². The lowest BCUT2D eigenvalue weighted by Gasteiger charge is -2.31. The van der Waals surface area contributed by atoms with Crippen LogP contribution in [0, 0.1) is 0 Å². The monoisotopic (exact) mass is 304 g/mol. The van der Waals surface area contributed by atoms with Gasteiger partial charge in [-0.05, 0) is 29.5 Å². The third-order valence-electron chi connectivity index (χ3n) is 4.24. The summed E-state index contributed by atoms with van der Waals surface area (Å²) in [6.45, 7) is 0. The van der Waals surface area contributed by atoms with Gasteiger partial charge in [-0.15, -0.1) is 0 Å². The van der Waals surface area contributed by atoms with Crippen LogP contribution in [0.2, 0.25) is 0 Å². The van der Waals surface area contributed by atoms with Crippen LogP contribution in [-0.2, 0) is 16.9 Å². The van der Waals surface area contributed by atoms with Gasteiger partial charge in [0, 0.05) is 0 Å². The summed E-state index contributed by atoms with van der Waals surface area (Å²) in [6, 6.07) is 30.0. The third kappa shape index (κ3) is 3.34. The number of rotatable bonds is 6. The second-order valence-electron chi connectivity index (χ2n) is 5.64. The first kappa shape index (κ1) is 15.5. The quantitative estimate of drug-likeness (QED) is 0.510. The van der Waals surface area contributed by atoms with Gasteiger partial charge in [-0.1, -0.05) is 91.0 Å². The molecule has 0 bridgehead atoms. The highest BCUT2D eigenvalue weighted by Gasteiger charge is 2.35. The van der Waals surface area contributed by atoms with Crippen molar-refractivity contribution in [3.05, 3.63) is 108 Å². The minimum Gasteiger partial charge on any atom is -0.251 e. The molecule has 0 radical (unpaired) electrons. The van der Waals surface area contributed by atoms with Crippen molar-refractivity contribution < 1.29 is 10.1 Å². The van der Waals surface area contributed by atoms with Gasteiger partial charge >= 0.3 is 0 Å². The maximum absolute atomic E-state index is 9.86. The van der Waals surface area contributed by atoms with Crippen molar-refractivity contribution in [2.45, 2.75) is 18.4 Å². The Morgan fingerprint density at radius 3 is 1.52 bits per heavy atom. The molecular formula is C21H20O2. The van der Waals surface area contributed by atoms with Crippen molar-refractivity contribution in [1.82, 2.24) is 0 Å². The molecule has 2 nitrogen and oxygen atoms in total. The summed E-state index contributed by atoms with van der Waals surface area (Å²) in [5.74, 6) is 0. The molecular weight excluding hydrogens is 284 g/mol. The molecule has 1 N–H and O–H groups in total. The molecule has 0 aliphatic rings. The van der Waals surface area contributed by atoms with Gasteiger partial charge in [-0.25, -0.2) is 4.89 Å². The molecule has 0 aromatic heterocycles. The highest BCUT2D eigenvalue weighted by molar-refractivity contribution is 5.36. The van der Waals surface area contributed by atoms with Gasteiger partial charge < -0.3 is 0 Å². The van der Waals surface area contributed by atoms with Crippen molar-refractivity contribution in [3.8, 4) is 0 Å². The molecule has 0 aliphatic carbocycles. The number of hydrogen-bond donors (Lipinski definition) is 1. The summed E-state index contributed by atoms with van der Waals surface area (Å²) in [7, 11) is 0. The van der Waals surface area contributed by atoms with Gasteiger partial charge in [0.15, 0.2) is 5.60 Å². The second kappa shape index (κ2) is 7.23. The van der Waals surface area contributed by atoms with Crippen molar-refractivity contribution in [2.75, 3.05) is 0 Å². The smallest absolute Gasteiger partial charge is 0.153 e. The number of aryl methyl sites for hydroxylation is 1. The van der Waals surface area contributed by atoms with E-state index in [-0.39, 0.29) is 0 Å². The summed E-state index contributed by atoms with van der Waals surface area (Å²) < 4.78 is 0. The SMILES string of the molecule is OOC(CCc1ccccc1)(c1ccccc1)c1ccccc1. The Kier molecular flexibility index (Phi) is 4.86. The van der Waals surface area contributed by atoms with E-state index < -0.39 is 5.60 Å². The molecule has 0 fully saturated rings. The fraction of sp³-hybridized carbons (Fsp3) is 0.143. The first-order valence-corrected chi connectivity index (χ1v) is 7.83.